The quantitative estimate of drug-likeness (QED) is 0.233. The molecule has 0 aliphatic carbocycles. The van der Waals surface area contributed by atoms with Gasteiger partial charge in [0.25, 0.3) is 0 Å². The van der Waals surface area contributed by atoms with Crippen LogP contribution in [0.15, 0.2) is 28.4 Å². The zero-order chi connectivity index (χ0) is 14.5. The van der Waals surface area contributed by atoms with Crippen molar-refractivity contribution >= 4 is 23.5 Å². The zero-order valence-corrected chi connectivity index (χ0v) is 13.4. The first kappa shape index (κ1) is 17.8. The first-order valence-electron chi connectivity index (χ1n) is 6.92. The maximum atomic E-state index is 5.08. The van der Waals surface area contributed by atoms with Crippen molar-refractivity contribution < 1.29 is 0 Å². The zero-order valence-electron chi connectivity index (χ0n) is 12.6. The van der Waals surface area contributed by atoms with Crippen LogP contribution in [-0.2, 0) is 0 Å². The van der Waals surface area contributed by atoms with E-state index in [1.54, 1.807) is 6.21 Å². The van der Waals surface area contributed by atoms with Gasteiger partial charge in [0.05, 0.1) is 0 Å². The molecule has 0 unspecified atom stereocenters. The molecule has 0 bridgehead atoms. The summed E-state index contributed by atoms with van der Waals surface area (Å²) in [5.41, 5.74) is 5.48. The first-order valence-corrected chi connectivity index (χ1v) is 7.33. The number of hydrogen-bond acceptors (Lipinski definition) is 2. The third-order valence-corrected chi connectivity index (χ3v) is 2.74. The standard InChI is InChI=1S/C15H27N3S/c1-5-6-11-16-15(19)18-17-12-10-14(4)9-7-8-13(2)3/h8,10,12H,5-7,9,11H2,1-4H3,(H2,16,18,19)/b14-10-,17-12+. The molecule has 0 aliphatic rings. The molecule has 0 aliphatic heterocycles. The SMILES string of the molecule is CCCCNC(=S)N/N=C/C=C(/C)CCC=C(C)C. The van der Waals surface area contributed by atoms with E-state index in [1.165, 1.54) is 11.1 Å². The Morgan fingerprint density at radius 3 is 2.63 bits per heavy atom. The predicted molar refractivity (Wildman–Crippen MR) is 89.6 cm³/mol. The maximum Gasteiger partial charge on any atom is 0.186 e. The molecule has 0 fully saturated rings. The summed E-state index contributed by atoms with van der Waals surface area (Å²) in [5, 5.41) is 7.74. The van der Waals surface area contributed by atoms with Gasteiger partial charge in [0.2, 0.25) is 0 Å². The summed E-state index contributed by atoms with van der Waals surface area (Å²) in [6.07, 6.45) is 10.5. The summed E-state index contributed by atoms with van der Waals surface area (Å²) in [4.78, 5) is 0. The van der Waals surface area contributed by atoms with E-state index in [4.69, 9.17) is 12.2 Å². The van der Waals surface area contributed by atoms with E-state index >= 15 is 0 Å². The predicted octanol–water partition coefficient (Wildman–Crippen LogP) is 3.93. The van der Waals surface area contributed by atoms with E-state index in [0.717, 1.165) is 32.2 Å². The molecule has 19 heavy (non-hydrogen) atoms. The van der Waals surface area contributed by atoms with Crippen molar-refractivity contribution in [2.45, 2.75) is 53.4 Å². The second-order valence-corrected chi connectivity index (χ2v) is 5.24. The molecule has 0 aromatic rings. The second kappa shape index (κ2) is 11.9. The topological polar surface area (TPSA) is 36.4 Å². The Labute approximate surface area is 123 Å². The van der Waals surface area contributed by atoms with Gasteiger partial charge in [-0.05, 0) is 58.3 Å². The Hall–Kier alpha value is -1.16. The van der Waals surface area contributed by atoms with Crippen LogP contribution in [0.3, 0.4) is 0 Å². The maximum absolute atomic E-state index is 5.08. The van der Waals surface area contributed by atoms with Crippen molar-refractivity contribution in [3.05, 3.63) is 23.3 Å². The molecule has 0 atom stereocenters. The molecule has 0 radical (unpaired) electrons. The number of allylic oxidation sites excluding steroid dienone is 4. The highest BCUT2D eigenvalue weighted by molar-refractivity contribution is 7.80. The number of thiocarbonyl (C=S) groups is 1. The van der Waals surface area contributed by atoms with Gasteiger partial charge in [0, 0.05) is 12.8 Å². The van der Waals surface area contributed by atoms with E-state index in [0.29, 0.717) is 5.11 Å². The Morgan fingerprint density at radius 2 is 2.00 bits per heavy atom. The molecule has 0 aromatic carbocycles. The van der Waals surface area contributed by atoms with Crippen molar-refractivity contribution in [2.75, 3.05) is 6.54 Å². The average molecular weight is 281 g/mol. The fourth-order valence-corrected chi connectivity index (χ4v) is 1.51. The second-order valence-electron chi connectivity index (χ2n) is 4.83. The summed E-state index contributed by atoms with van der Waals surface area (Å²) < 4.78 is 0. The summed E-state index contributed by atoms with van der Waals surface area (Å²) in [7, 11) is 0. The van der Waals surface area contributed by atoms with Gasteiger partial charge < -0.3 is 5.32 Å². The van der Waals surface area contributed by atoms with E-state index in [9.17, 15) is 0 Å². The van der Waals surface area contributed by atoms with Gasteiger partial charge in [-0.25, -0.2) is 0 Å². The highest BCUT2D eigenvalue weighted by Crippen LogP contribution is 2.05. The molecule has 3 nitrogen and oxygen atoms in total. The number of hydrazone groups is 1. The molecule has 0 aromatic heterocycles. The first-order chi connectivity index (χ1) is 9.06. The van der Waals surface area contributed by atoms with Crippen LogP contribution in [0.1, 0.15) is 53.4 Å². The van der Waals surface area contributed by atoms with Crippen molar-refractivity contribution in [2.24, 2.45) is 5.10 Å². The number of nitrogens with zero attached hydrogens (tertiary/aromatic N) is 1. The molecule has 0 heterocycles. The van der Waals surface area contributed by atoms with E-state index in [2.05, 4.69) is 49.6 Å². The normalized spacial score (nSPS) is 11.5. The Bertz CT molecular complexity index is 339. The molecule has 0 rings (SSSR count). The van der Waals surface area contributed by atoms with Crippen LogP contribution in [0.5, 0.6) is 0 Å². The van der Waals surface area contributed by atoms with Gasteiger partial charge in [-0.1, -0.05) is 30.6 Å². The minimum atomic E-state index is 0.584. The third kappa shape index (κ3) is 13.1. The van der Waals surface area contributed by atoms with Crippen LogP contribution < -0.4 is 10.7 Å². The fraction of sp³-hybridized carbons (Fsp3) is 0.600. The molecular weight excluding hydrogens is 254 g/mol. The number of rotatable bonds is 8. The molecule has 2 N–H and O–H groups in total. The average Bonchev–Trinajstić information content (AvgIpc) is 2.34. The van der Waals surface area contributed by atoms with Gasteiger partial charge in [-0.15, -0.1) is 0 Å². The molecule has 0 spiro atoms. The van der Waals surface area contributed by atoms with Crippen molar-refractivity contribution in [1.29, 1.82) is 0 Å². The Kier molecular flexibility index (Phi) is 11.2. The lowest BCUT2D eigenvalue weighted by Crippen LogP contribution is -2.32. The summed E-state index contributed by atoms with van der Waals surface area (Å²) in [6, 6.07) is 0. The largest absolute Gasteiger partial charge is 0.361 e. The van der Waals surface area contributed by atoms with Crippen molar-refractivity contribution in [3.63, 3.8) is 0 Å². The van der Waals surface area contributed by atoms with E-state index < -0.39 is 0 Å². The number of unbranched alkanes of at least 4 members (excludes halogenated alkanes) is 1. The van der Waals surface area contributed by atoms with Crippen LogP contribution in [-0.4, -0.2) is 17.9 Å². The third-order valence-electron chi connectivity index (χ3n) is 2.51. The van der Waals surface area contributed by atoms with Gasteiger partial charge in [-0.2, -0.15) is 5.10 Å². The van der Waals surface area contributed by atoms with Crippen LogP contribution in [0, 0.1) is 0 Å². The monoisotopic (exact) mass is 281 g/mol. The van der Waals surface area contributed by atoms with Crippen molar-refractivity contribution in [1.82, 2.24) is 10.7 Å². The summed E-state index contributed by atoms with van der Waals surface area (Å²) in [6.45, 7) is 9.41. The minimum absolute atomic E-state index is 0.584. The number of hydrogen-bond donors (Lipinski definition) is 2. The van der Waals surface area contributed by atoms with Gasteiger partial charge in [-0.3, -0.25) is 5.43 Å². The van der Waals surface area contributed by atoms with Crippen LogP contribution >= 0.6 is 12.2 Å². The van der Waals surface area contributed by atoms with Crippen LogP contribution in [0.4, 0.5) is 0 Å². The highest BCUT2D eigenvalue weighted by Gasteiger charge is 1.90. The molecule has 0 saturated carbocycles. The summed E-state index contributed by atoms with van der Waals surface area (Å²) >= 11 is 5.08. The lowest BCUT2D eigenvalue weighted by molar-refractivity contribution is 0.745. The van der Waals surface area contributed by atoms with Gasteiger partial charge >= 0.3 is 0 Å². The van der Waals surface area contributed by atoms with Crippen LogP contribution in [0.25, 0.3) is 0 Å². The molecule has 4 heteroatoms. The smallest absolute Gasteiger partial charge is 0.186 e. The minimum Gasteiger partial charge on any atom is -0.361 e. The Morgan fingerprint density at radius 1 is 1.26 bits per heavy atom. The van der Waals surface area contributed by atoms with Crippen molar-refractivity contribution in [3.8, 4) is 0 Å². The molecule has 0 saturated heterocycles. The molecule has 0 amide bonds. The molecule has 108 valence electrons. The lowest BCUT2D eigenvalue weighted by atomic mass is 10.1. The number of nitrogens with one attached hydrogen (secondary N) is 2. The Balaban J connectivity index is 3.81. The van der Waals surface area contributed by atoms with Gasteiger partial charge in [0.1, 0.15) is 0 Å². The molecular formula is C15H27N3S. The van der Waals surface area contributed by atoms with E-state index in [-0.39, 0.29) is 0 Å². The lowest BCUT2D eigenvalue weighted by Gasteiger charge is -2.04. The summed E-state index contributed by atoms with van der Waals surface area (Å²) in [5.74, 6) is 0. The van der Waals surface area contributed by atoms with Gasteiger partial charge in [0.15, 0.2) is 5.11 Å². The van der Waals surface area contributed by atoms with E-state index in [1.807, 2.05) is 6.08 Å². The fourth-order valence-electron chi connectivity index (χ4n) is 1.35. The van der Waals surface area contributed by atoms with Crippen LogP contribution in [0.2, 0.25) is 0 Å². The highest BCUT2D eigenvalue weighted by atomic mass is 32.1.